The minimum absolute atomic E-state index is 1.26. The number of rotatable bonds is 2. The first-order valence-electron chi connectivity index (χ1n) is 8.12. The quantitative estimate of drug-likeness (QED) is 0.581. The van der Waals surface area contributed by atoms with Gasteiger partial charge >= 0.3 is 0 Å². The lowest BCUT2D eigenvalue weighted by Gasteiger charge is -2.18. The summed E-state index contributed by atoms with van der Waals surface area (Å²) < 4.78 is 2.20. The molecule has 0 aliphatic carbocycles. The van der Waals surface area contributed by atoms with Crippen LogP contribution < -0.4 is 4.57 Å². The summed E-state index contributed by atoms with van der Waals surface area (Å²) in [6.45, 7) is 8.88. The van der Waals surface area contributed by atoms with Crippen molar-refractivity contribution < 1.29 is 4.57 Å². The predicted octanol–water partition coefficient (Wildman–Crippen LogP) is 5.08. The summed E-state index contributed by atoms with van der Waals surface area (Å²) in [4.78, 5) is 0. The Balaban J connectivity index is 2.35. The average molecular weight is 302 g/mol. The van der Waals surface area contributed by atoms with E-state index in [1.165, 1.54) is 44.6 Å². The van der Waals surface area contributed by atoms with E-state index in [1.807, 2.05) is 0 Å². The monoisotopic (exact) mass is 302 g/mol. The Hall–Kier alpha value is -2.41. The van der Waals surface area contributed by atoms with Crippen molar-refractivity contribution in [1.29, 1.82) is 0 Å². The fourth-order valence-electron chi connectivity index (χ4n) is 3.63. The van der Waals surface area contributed by atoms with Crippen LogP contribution in [0.2, 0.25) is 0 Å². The van der Waals surface area contributed by atoms with Gasteiger partial charge in [-0.15, -0.1) is 0 Å². The van der Waals surface area contributed by atoms with Crippen LogP contribution in [0.25, 0.3) is 22.4 Å². The standard InChI is InChI=1S/C22H24N/c1-15-10-6-7-11-19(15)21-16(2)14-17(3)22(18(21)4)20-12-8-9-13-23(20)5/h6-14H,1-5H3/q+1. The molecule has 2 aromatic carbocycles. The third-order valence-electron chi connectivity index (χ3n) is 4.70. The number of hydrogen-bond donors (Lipinski definition) is 0. The molecular weight excluding hydrogens is 278 g/mol. The van der Waals surface area contributed by atoms with Crippen LogP contribution in [0.5, 0.6) is 0 Å². The number of nitrogens with zero attached hydrogens (tertiary/aromatic N) is 1. The molecular formula is C22H24N+. The molecule has 3 aromatic rings. The van der Waals surface area contributed by atoms with Gasteiger partial charge in [0.05, 0.1) is 5.56 Å². The molecule has 0 N–H and O–H groups in total. The zero-order chi connectivity index (χ0) is 16.6. The SMILES string of the molecule is Cc1ccccc1-c1c(C)cc(C)c(-c2cccc[n+]2C)c1C. The van der Waals surface area contributed by atoms with E-state index in [2.05, 4.69) is 94.0 Å². The molecule has 0 fully saturated rings. The summed E-state index contributed by atoms with van der Waals surface area (Å²) in [5, 5.41) is 0. The van der Waals surface area contributed by atoms with E-state index in [9.17, 15) is 0 Å². The summed E-state index contributed by atoms with van der Waals surface area (Å²) >= 11 is 0. The molecule has 0 amide bonds. The summed E-state index contributed by atoms with van der Waals surface area (Å²) in [5.74, 6) is 0. The van der Waals surface area contributed by atoms with Gasteiger partial charge in [0.2, 0.25) is 5.69 Å². The van der Waals surface area contributed by atoms with Crippen LogP contribution in [0.15, 0.2) is 54.7 Å². The van der Waals surface area contributed by atoms with Gasteiger partial charge in [-0.3, -0.25) is 0 Å². The maximum absolute atomic E-state index is 2.32. The highest BCUT2D eigenvalue weighted by molar-refractivity contribution is 5.82. The molecule has 0 saturated heterocycles. The maximum Gasteiger partial charge on any atom is 0.212 e. The van der Waals surface area contributed by atoms with Crippen molar-refractivity contribution in [3.8, 4) is 22.4 Å². The van der Waals surface area contributed by atoms with E-state index in [0.717, 1.165) is 0 Å². The molecule has 0 atom stereocenters. The lowest BCUT2D eigenvalue weighted by molar-refractivity contribution is -0.660. The van der Waals surface area contributed by atoms with Gasteiger partial charge in [-0.2, -0.15) is 0 Å². The van der Waals surface area contributed by atoms with Gasteiger partial charge in [0.25, 0.3) is 0 Å². The second kappa shape index (κ2) is 6.00. The lowest BCUT2D eigenvalue weighted by atomic mass is 9.86. The second-order valence-electron chi connectivity index (χ2n) is 6.40. The normalized spacial score (nSPS) is 10.8. The van der Waals surface area contributed by atoms with Crippen LogP contribution in [-0.4, -0.2) is 0 Å². The molecule has 1 aromatic heterocycles. The third kappa shape index (κ3) is 2.68. The molecule has 0 saturated carbocycles. The van der Waals surface area contributed by atoms with E-state index < -0.39 is 0 Å². The average Bonchev–Trinajstić information content (AvgIpc) is 2.50. The summed E-state index contributed by atoms with van der Waals surface area (Å²) in [5.41, 5.74) is 10.7. The molecule has 0 bridgehead atoms. The fourth-order valence-corrected chi connectivity index (χ4v) is 3.63. The predicted molar refractivity (Wildman–Crippen MR) is 97.4 cm³/mol. The van der Waals surface area contributed by atoms with E-state index in [0.29, 0.717) is 0 Å². The summed E-state index contributed by atoms with van der Waals surface area (Å²) in [7, 11) is 2.11. The Morgan fingerprint density at radius 2 is 1.35 bits per heavy atom. The van der Waals surface area contributed by atoms with Crippen molar-refractivity contribution in [2.75, 3.05) is 0 Å². The molecule has 0 aliphatic rings. The highest BCUT2D eigenvalue weighted by atomic mass is 14.9. The number of pyridine rings is 1. The second-order valence-corrected chi connectivity index (χ2v) is 6.40. The van der Waals surface area contributed by atoms with Crippen molar-refractivity contribution in [3.05, 3.63) is 77.0 Å². The molecule has 0 unspecified atom stereocenters. The Morgan fingerprint density at radius 1 is 0.696 bits per heavy atom. The van der Waals surface area contributed by atoms with Crippen molar-refractivity contribution in [3.63, 3.8) is 0 Å². The van der Waals surface area contributed by atoms with Gasteiger partial charge < -0.3 is 0 Å². The van der Waals surface area contributed by atoms with E-state index in [4.69, 9.17) is 0 Å². The highest BCUT2D eigenvalue weighted by Gasteiger charge is 2.19. The number of aryl methyl sites for hydroxylation is 4. The van der Waals surface area contributed by atoms with Crippen LogP contribution in [0.3, 0.4) is 0 Å². The van der Waals surface area contributed by atoms with Crippen LogP contribution >= 0.6 is 0 Å². The minimum atomic E-state index is 1.26. The maximum atomic E-state index is 2.32. The largest absolute Gasteiger partial charge is 0.212 e. The molecule has 1 heterocycles. The summed E-state index contributed by atoms with van der Waals surface area (Å²) in [6.07, 6.45) is 2.11. The van der Waals surface area contributed by atoms with E-state index >= 15 is 0 Å². The van der Waals surface area contributed by atoms with Crippen molar-refractivity contribution in [2.24, 2.45) is 7.05 Å². The molecule has 23 heavy (non-hydrogen) atoms. The Labute approximate surface area is 139 Å². The van der Waals surface area contributed by atoms with Gasteiger partial charge in [0.15, 0.2) is 6.20 Å². The fraction of sp³-hybridized carbons (Fsp3) is 0.227. The Bertz CT molecular complexity index is 805. The van der Waals surface area contributed by atoms with Crippen molar-refractivity contribution >= 4 is 0 Å². The molecule has 1 nitrogen and oxygen atoms in total. The van der Waals surface area contributed by atoms with Crippen molar-refractivity contribution in [2.45, 2.75) is 27.7 Å². The minimum Gasteiger partial charge on any atom is -0.201 e. The number of benzene rings is 2. The van der Waals surface area contributed by atoms with Gasteiger partial charge in [0.1, 0.15) is 7.05 Å². The lowest BCUT2D eigenvalue weighted by Crippen LogP contribution is -2.30. The first-order chi connectivity index (χ1) is 11.0. The van der Waals surface area contributed by atoms with Gasteiger partial charge in [-0.1, -0.05) is 30.3 Å². The van der Waals surface area contributed by atoms with Gasteiger partial charge in [-0.25, -0.2) is 4.57 Å². The topological polar surface area (TPSA) is 3.88 Å². The number of aromatic nitrogens is 1. The van der Waals surface area contributed by atoms with Crippen LogP contribution in [0.1, 0.15) is 22.3 Å². The van der Waals surface area contributed by atoms with Crippen LogP contribution in [-0.2, 0) is 7.05 Å². The Morgan fingerprint density at radius 3 is 2.04 bits per heavy atom. The molecule has 0 radical (unpaired) electrons. The van der Waals surface area contributed by atoms with Crippen LogP contribution in [0.4, 0.5) is 0 Å². The smallest absolute Gasteiger partial charge is 0.201 e. The summed E-state index contributed by atoms with van der Waals surface area (Å²) in [6, 6.07) is 17.4. The van der Waals surface area contributed by atoms with Gasteiger partial charge in [0, 0.05) is 12.1 Å². The zero-order valence-corrected chi connectivity index (χ0v) is 14.6. The molecule has 0 aliphatic heterocycles. The molecule has 3 rings (SSSR count). The first-order valence-corrected chi connectivity index (χ1v) is 8.12. The zero-order valence-electron chi connectivity index (χ0n) is 14.6. The first kappa shape index (κ1) is 15.5. The highest BCUT2D eigenvalue weighted by Crippen LogP contribution is 2.37. The van der Waals surface area contributed by atoms with Crippen molar-refractivity contribution in [1.82, 2.24) is 0 Å². The molecule has 0 spiro atoms. The van der Waals surface area contributed by atoms with Gasteiger partial charge in [-0.05, 0) is 67.1 Å². The van der Waals surface area contributed by atoms with E-state index in [1.54, 1.807) is 0 Å². The molecule has 1 heteroatoms. The number of hydrogen-bond acceptors (Lipinski definition) is 0. The third-order valence-corrected chi connectivity index (χ3v) is 4.70. The Kier molecular flexibility index (Phi) is 4.04. The van der Waals surface area contributed by atoms with E-state index in [-0.39, 0.29) is 0 Å². The van der Waals surface area contributed by atoms with Crippen LogP contribution in [0, 0.1) is 27.7 Å². The molecule has 116 valence electrons.